The predicted octanol–water partition coefficient (Wildman–Crippen LogP) is 2.81. The molecule has 0 radical (unpaired) electrons. The fourth-order valence-corrected chi connectivity index (χ4v) is 1.70. The molecule has 2 rings (SSSR count). The first-order valence-electron chi connectivity index (χ1n) is 4.46. The first-order valence-corrected chi connectivity index (χ1v) is 4.46. The van der Waals surface area contributed by atoms with Crippen molar-refractivity contribution in [1.29, 1.82) is 0 Å². The summed E-state index contributed by atoms with van der Waals surface area (Å²) in [5, 5.41) is 3.23. The molecule has 0 saturated carbocycles. The van der Waals surface area contributed by atoms with Crippen LogP contribution in [-0.2, 0) is 0 Å². The van der Waals surface area contributed by atoms with Crippen molar-refractivity contribution in [2.75, 3.05) is 6.54 Å². The number of halogens is 3. The van der Waals surface area contributed by atoms with Gasteiger partial charge < -0.3 is 5.32 Å². The third-order valence-electron chi connectivity index (χ3n) is 2.41. The Kier molecular flexibility index (Phi) is 3.84. The van der Waals surface area contributed by atoms with Gasteiger partial charge in [-0.2, -0.15) is 0 Å². The van der Waals surface area contributed by atoms with Crippen LogP contribution in [0.5, 0.6) is 0 Å². The van der Waals surface area contributed by atoms with Crippen molar-refractivity contribution in [3.05, 3.63) is 35.4 Å². The lowest BCUT2D eigenvalue weighted by molar-refractivity contribution is 0.503. The molecule has 0 amide bonds. The van der Waals surface area contributed by atoms with Crippen LogP contribution in [0.25, 0.3) is 0 Å². The molecule has 1 nitrogen and oxygen atoms in total. The quantitative estimate of drug-likeness (QED) is 0.766. The molecule has 1 saturated heterocycles. The Morgan fingerprint density at radius 3 is 2.57 bits per heavy atom. The minimum Gasteiger partial charge on any atom is -0.310 e. The molecule has 14 heavy (non-hydrogen) atoms. The Morgan fingerprint density at radius 2 is 2.00 bits per heavy atom. The van der Waals surface area contributed by atoms with E-state index in [0.717, 1.165) is 24.9 Å². The number of nitrogens with one attached hydrogen (secondary N) is 1. The summed E-state index contributed by atoms with van der Waals surface area (Å²) in [6, 6.07) is 4.31. The monoisotopic (exact) mass is 219 g/mol. The minimum absolute atomic E-state index is 0. The van der Waals surface area contributed by atoms with Gasteiger partial charge in [-0.05, 0) is 37.1 Å². The summed E-state index contributed by atoms with van der Waals surface area (Å²) < 4.78 is 25.4. The molecule has 0 aromatic heterocycles. The van der Waals surface area contributed by atoms with Gasteiger partial charge in [0.1, 0.15) is 0 Å². The van der Waals surface area contributed by atoms with Gasteiger partial charge in [0, 0.05) is 6.04 Å². The van der Waals surface area contributed by atoms with Crippen LogP contribution < -0.4 is 5.32 Å². The molecule has 1 N–H and O–H groups in total. The molecule has 1 aromatic carbocycles. The second-order valence-electron chi connectivity index (χ2n) is 3.32. The predicted molar refractivity (Wildman–Crippen MR) is 53.6 cm³/mol. The topological polar surface area (TPSA) is 12.0 Å². The van der Waals surface area contributed by atoms with Crippen molar-refractivity contribution in [2.24, 2.45) is 0 Å². The van der Waals surface area contributed by atoms with Gasteiger partial charge in [-0.3, -0.25) is 0 Å². The summed E-state index contributed by atoms with van der Waals surface area (Å²) in [7, 11) is 0. The Labute approximate surface area is 87.9 Å². The van der Waals surface area contributed by atoms with E-state index in [1.165, 1.54) is 12.1 Å². The zero-order chi connectivity index (χ0) is 9.26. The summed E-state index contributed by atoms with van der Waals surface area (Å²) in [5.74, 6) is -1.53. The average Bonchev–Trinajstić information content (AvgIpc) is 2.62. The molecule has 1 fully saturated rings. The van der Waals surface area contributed by atoms with E-state index in [1.807, 2.05) is 0 Å². The van der Waals surface area contributed by atoms with Gasteiger partial charge in [0.2, 0.25) is 0 Å². The number of hydrogen-bond donors (Lipinski definition) is 1. The molecule has 78 valence electrons. The van der Waals surface area contributed by atoms with Gasteiger partial charge in [0.05, 0.1) is 0 Å². The van der Waals surface area contributed by atoms with Gasteiger partial charge in [-0.15, -0.1) is 12.4 Å². The lowest BCUT2D eigenvalue weighted by atomic mass is 10.1. The number of rotatable bonds is 1. The van der Waals surface area contributed by atoms with Crippen molar-refractivity contribution < 1.29 is 8.78 Å². The van der Waals surface area contributed by atoms with Crippen molar-refractivity contribution >= 4 is 12.4 Å². The van der Waals surface area contributed by atoms with Crippen LogP contribution in [0.3, 0.4) is 0 Å². The summed E-state index contributed by atoms with van der Waals surface area (Å²) in [6.45, 7) is 0.962. The lowest BCUT2D eigenvalue weighted by Gasteiger charge is -2.10. The van der Waals surface area contributed by atoms with Gasteiger partial charge in [-0.25, -0.2) is 8.78 Å². The highest BCUT2D eigenvalue weighted by atomic mass is 35.5. The van der Waals surface area contributed by atoms with Crippen LogP contribution in [0, 0.1) is 11.6 Å². The van der Waals surface area contributed by atoms with Gasteiger partial charge in [0.25, 0.3) is 0 Å². The van der Waals surface area contributed by atoms with Crippen LogP contribution in [0.1, 0.15) is 24.4 Å². The molecule has 0 aliphatic carbocycles. The first-order chi connectivity index (χ1) is 6.27. The first kappa shape index (κ1) is 11.4. The van der Waals surface area contributed by atoms with E-state index in [4.69, 9.17) is 0 Å². The molecule has 1 aromatic rings. The zero-order valence-electron chi connectivity index (χ0n) is 7.59. The van der Waals surface area contributed by atoms with Gasteiger partial charge >= 0.3 is 0 Å². The molecule has 1 aliphatic rings. The van der Waals surface area contributed by atoms with E-state index < -0.39 is 11.6 Å². The highest BCUT2D eigenvalue weighted by Crippen LogP contribution is 2.23. The standard InChI is InChI=1S/C10H11F2N.ClH/c11-8-4-3-7(6-9(8)12)10-2-1-5-13-10;/h3-4,6,10,13H,1-2,5H2;1H/t10-;/m0./s1. The normalized spacial score (nSPS) is 20.6. The van der Waals surface area contributed by atoms with E-state index in [2.05, 4.69) is 5.32 Å². The van der Waals surface area contributed by atoms with E-state index in [-0.39, 0.29) is 18.4 Å². The minimum atomic E-state index is -0.776. The maximum atomic E-state index is 12.8. The summed E-state index contributed by atoms with van der Waals surface area (Å²) in [5.41, 5.74) is 0.844. The molecule has 0 unspecified atom stereocenters. The molecule has 1 atom stereocenters. The Morgan fingerprint density at radius 1 is 1.21 bits per heavy atom. The molecule has 0 bridgehead atoms. The highest BCUT2D eigenvalue weighted by molar-refractivity contribution is 5.85. The van der Waals surface area contributed by atoms with Crippen LogP contribution in [0.4, 0.5) is 8.78 Å². The van der Waals surface area contributed by atoms with Crippen molar-refractivity contribution in [3.63, 3.8) is 0 Å². The van der Waals surface area contributed by atoms with Crippen LogP contribution in [-0.4, -0.2) is 6.54 Å². The van der Waals surface area contributed by atoms with Crippen molar-refractivity contribution in [3.8, 4) is 0 Å². The van der Waals surface area contributed by atoms with E-state index in [0.29, 0.717) is 0 Å². The fourth-order valence-electron chi connectivity index (χ4n) is 1.70. The zero-order valence-corrected chi connectivity index (χ0v) is 8.41. The summed E-state index contributed by atoms with van der Waals surface area (Å²) >= 11 is 0. The Balaban J connectivity index is 0.000000980. The largest absolute Gasteiger partial charge is 0.310 e. The molecule has 0 spiro atoms. The fraction of sp³-hybridized carbons (Fsp3) is 0.400. The Hall–Kier alpha value is -0.670. The molecule has 1 heterocycles. The van der Waals surface area contributed by atoms with Crippen molar-refractivity contribution in [1.82, 2.24) is 5.32 Å². The van der Waals surface area contributed by atoms with Crippen LogP contribution in [0.2, 0.25) is 0 Å². The van der Waals surface area contributed by atoms with Crippen molar-refractivity contribution in [2.45, 2.75) is 18.9 Å². The summed E-state index contributed by atoms with van der Waals surface area (Å²) in [4.78, 5) is 0. The summed E-state index contributed by atoms with van der Waals surface area (Å²) in [6.07, 6.45) is 2.11. The van der Waals surface area contributed by atoms with E-state index >= 15 is 0 Å². The lowest BCUT2D eigenvalue weighted by Crippen LogP contribution is -2.13. The maximum absolute atomic E-state index is 12.8. The molecular formula is C10H12ClF2N. The molecular weight excluding hydrogens is 208 g/mol. The van der Waals surface area contributed by atoms with Crippen LogP contribution in [0.15, 0.2) is 18.2 Å². The van der Waals surface area contributed by atoms with Crippen LogP contribution >= 0.6 is 12.4 Å². The maximum Gasteiger partial charge on any atom is 0.159 e. The third kappa shape index (κ3) is 2.22. The van der Waals surface area contributed by atoms with E-state index in [1.54, 1.807) is 6.07 Å². The SMILES string of the molecule is Cl.Fc1ccc([C@@H]2CCCN2)cc1F. The number of hydrogen-bond acceptors (Lipinski definition) is 1. The smallest absolute Gasteiger partial charge is 0.159 e. The van der Waals surface area contributed by atoms with Gasteiger partial charge in [-0.1, -0.05) is 6.07 Å². The number of benzene rings is 1. The third-order valence-corrected chi connectivity index (χ3v) is 2.41. The molecule has 1 aliphatic heterocycles. The van der Waals surface area contributed by atoms with Gasteiger partial charge in [0.15, 0.2) is 11.6 Å². The highest BCUT2D eigenvalue weighted by Gasteiger charge is 2.17. The average molecular weight is 220 g/mol. The second-order valence-corrected chi connectivity index (χ2v) is 3.32. The second kappa shape index (κ2) is 4.71. The van der Waals surface area contributed by atoms with E-state index in [9.17, 15) is 8.78 Å². The Bertz CT molecular complexity index is 311. The molecule has 4 heteroatoms.